The first-order chi connectivity index (χ1) is 5.52. The summed E-state index contributed by atoms with van der Waals surface area (Å²) in [5, 5.41) is 0. The minimum atomic E-state index is -0.701. The minimum Gasteiger partial charge on any atom is -0.181 e. The number of rotatable bonds is 0. The first-order valence-corrected chi connectivity index (χ1v) is 12.9. The van der Waals surface area contributed by atoms with Gasteiger partial charge in [0.1, 0.15) is 0 Å². The van der Waals surface area contributed by atoms with Crippen molar-refractivity contribution < 1.29 is 0 Å². The van der Waals surface area contributed by atoms with Gasteiger partial charge in [0.2, 0.25) is 0 Å². The van der Waals surface area contributed by atoms with Gasteiger partial charge < -0.3 is 0 Å². The van der Waals surface area contributed by atoms with Crippen molar-refractivity contribution in [2.45, 2.75) is 13.8 Å². The maximum Gasteiger partial charge on any atom is 0.542 e. The predicted molar refractivity (Wildman–Crippen MR) is 67.3 cm³/mol. The van der Waals surface area contributed by atoms with Crippen molar-refractivity contribution in [1.29, 1.82) is 0 Å². The molecule has 0 spiro atoms. The lowest BCUT2D eigenvalue weighted by molar-refractivity contribution is 1.38. The SMILES string of the molecule is Cc1c[c]cc(C)c1.[Br][Al]([Br])[Br]. The van der Waals surface area contributed by atoms with E-state index in [2.05, 4.69) is 68.1 Å². The average molecular weight is 372 g/mol. The molecule has 1 aromatic carbocycles. The summed E-state index contributed by atoms with van der Waals surface area (Å²) in [5.41, 5.74) is 2.56. The van der Waals surface area contributed by atoms with Crippen LogP contribution in [0.2, 0.25) is 0 Å². The molecular weight excluding hydrogens is 363 g/mol. The summed E-state index contributed by atoms with van der Waals surface area (Å²) >= 11 is 9.73. The highest BCUT2D eigenvalue weighted by Crippen LogP contribution is 2.07. The van der Waals surface area contributed by atoms with Gasteiger partial charge in [-0.3, -0.25) is 0 Å². The zero-order valence-electron chi connectivity index (χ0n) is 6.94. The Labute approximate surface area is 99.1 Å². The van der Waals surface area contributed by atoms with Crippen molar-refractivity contribution in [3.05, 3.63) is 35.4 Å². The Kier molecular flexibility index (Phi) is 8.34. The maximum absolute atomic E-state index is 3.24. The Morgan fingerprint density at radius 1 is 1.08 bits per heavy atom. The van der Waals surface area contributed by atoms with Crippen molar-refractivity contribution >= 4 is 50.8 Å². The van der Waals surface area contributed by atoms with Gasteiger partial charge in [0.15, 0.2) is 0 Å². The molecule has 0 atom stereocenters. The smallest absolute Gasteiger partial charge is 0.181 e. The number of hydrogen-bond acceptors (Lipinski definition) is 0. The molecule has 0 nitrogen and oxygen atoms in total. The topological polar surface area (TPSA) is 0 Å². The minimum absolute atomic E-state index is 0.701. The Hall–Kier alpha value is 1.19. The van der Waals surface area contributed by atoms with E-state index in [9.17, 15) is 0 Å². The van der Waals surface area contributed by atoms with Gasteiger partial charge in [-0.05, 0) is 19.9 Å². The molecular formula is C8H9AlBr3. The van der Waals surface area contributed by atoms with Crippen molar-refractivity contribution in [2.24, 2.45) is 0 Å². The van der Waals surface area contributed by atoms with E-state index in [1.165, 1.54) is 11.1 Å². The van der Waals surface area contributed by atoms with Crippen molar-refractivity contribution in [3.8, 4) is 0 Å². The van der Waals surface area contributed by atoms with Crippen LogP contribution in [0.1, 0.15) is 11.1 Å². The second-order valence-corrected chi connectivity index (χ2v) is 22.1. The second-order valence-electron chi connectivity index (χ2n) is 2.34. The van der Waals surface area contributed by atoms with Gasteiger partial charge in [-0.1, -0.05) is 29.3 Å². The quantitative estimate of drug-likeness (QED) is 0.598. The summed E-state index contributed by atoms with van der Waals surface area (Å²) in [4.78, 5) is 0. The molecule has 0 heterocycles. The van der Waals surface area contributed by atoms with Crippen molar-refractivity contribution in [1.82, 2.24) is 0 Å². The summed E-state index contributed by atoms with van der Waals surface area (Å²) < 4.78 is 0. The number of aryl methyl sites for hydroxylation is 2. The van der Waals surface area contributed by atoms with Crippen molar-refractivity contribution in [2.75, 3.05) is 0 Å². The Morgan fingerprint density at radius 2 is 1.42 bits per heavy atom. The molecule has 0 aliphatic carbocycles. The van der Waals surface area contributed by atoms with E-state index in [-0.39, 0.29) is 0 Å². The van der Waals surface area contributed by atoms with Crippen LogP contribution in [0.25, 0.3) is 0 Å². The molecule has 4 heteroatoms. The highest BCUT2D eigenvalue weighted by Gasteiger charge is 1.95. The molecule has 0 bridgehead atoms. The van der Waals surface area contributed by atoms with Crippen LogP contribution < -0.4 is 0 Å². The van der Waals surface area contributed by atoms with Crippen LogP contribution in [-0.4, -0.2) is 8.67 Å². The van der Waals surface area contributed by atoms with Gasteiger partial charge in [0.05, 0.1) is 0 Å². The first kappa shape index (κ1) is 13.2. The standard InChI is InChI=1S/C8H9.Al.3BrH/c1-7-4-3-5-8(2)6-7;;;;/h4-6H,1-2H3;;3*1H/q;+3;;;/p-3. The van der Waals surface area contributed by atoms with Gasteiger partial charge in [-0.25, -0.2) is 0 Å². The predicted octanol–water partition coefficient (Wildman–Crippen LogP) is 4.26. The third-order valence-corrected chi connectivity index (χ3v) is 1.08. The molecule has 0 fully saturated rings. The van der Waals surface area contributed by atoms with Gasteiger partial charge in [-0.15, -0.1) is 0 Å². The lowest BCUT2D eigenvalue weighted by Crippen LogP contribution is -1.72. The third kappa shape index (κ3) is 9.28. The highest BCUT2D eigenvalue weighted by molar-refractivity contribution is 9.69. The molecule has 0 aromatic heterocycles. The summed E-state index contributed by atoms with van der Waals surface area (Å²) in [5.74, 6) is 0. The summed E-state index contributed by atoms with van der Waals surface area (Å²) in [6.07, 6.45) is 0. The first-order valence-electron chi connectivity index (χ1n) is 3.39. The zero-order valence-corrected chi connectivity index (χ0v) is 12.9. The maximum atomic E-state index is 3.24. The van der Waals surface area contributed by atoms with E-state index in [1.54, 1.807) is 0 Å². The summed E-state index contributed by atoms with van der Waals surface area (Å²) in [7, 11) is -0.701. The monoisotopic (exact) mass is 369 g/mol. The Balaban J connectivity index is 0.000000261. The molecule has 1 radical (unpaired) electrons. The lowest BCUT2D eigenvalue weighted by atomic mass is 10.2. The Bertz CT molecular complexity index is 205. The molecule has 1 rings (SSSR count). The summed E-state index contributed by atoms with van der Waals surface area (Å²) in [6.45, 7) is 4.15. The molecule has 65 valence electrons. The van der Waals surface area contributed by atoms with E-state index in [0.717, 1.165) is 0 Å². The van der Waals surface area contributed by atoms with Crippen molar-refractivity contribution in [3.63, 3.8) is 0 Å². The normalized spacial score (nSPS) is 8.42. The zero-order chi connectivity index (χ0) is 9.56. The largest absolute Gasteiger partial charge is 0.542 e. The van der Waals surface area contributed by atoms with E-state index in [0.29, 0.717) is 0 Å². The van der Waals surface area contributed by atoms with Crippen LogP contribution in [0.3, 0.4) is 0 Å². The average Bonchev–Trinajstić information content (AvgIpc) is 1.84. The van der Waals surface area contributed by atoms with E-state index < -0.39 is 8.67 Å². The van der Waals surface area contributed by atoms with Crippen LogP contribution in [0, 0.1) is 19.9 Å². The molecule has 0 N–H and O–H groups in total. The molecule has 12 heavy (non-hydrogen) atoms. The lowest BCUT2D eigenvalue weighted by Gasteiger charge is -1.90. The van der Waals surface area contributed by atoms with Gasteiger partial charge >= 0.3 is 8.67 Å². The third-order valence-electron chi connectivity index (χ3n) is 1.08. The fraction of sp³-hybridized carbons (Fsp3) is 0.250. The van der Waals surface area contributed by atoms with Crippen LogP contribution in [0.4, 0.5) is 0 Å². The molecule has 0 saturated carbocycles. The van der Waals surface area contributed by atoms with Crippen LogP contribution in [-0.2, 0) is 0 Å². The van der Waals surface area contributed by atoms with Gasteiger partial charge in [0, 0.05) is 0 Å². The number of benzene rings is 1. The van der Waals surface area contributed by atoms with E-state index in [1.807, 2.05) is 12.1 Å². The molecule has 1 aromatic rings. The number of hydrogen-bond donors (Lipinski definition) is 0. The van der Waals surface area contributed by atoms with E-state index >= 15 is 0 Å². The molecule has 0 saturated heterocycles. The second kappa shape index (κ2) is 7.58. The Morgan fingerprint density at radius 3 is 1.58 bits per heavy atom. The number of halogens is 3. The summed E-state index contributed by atoms with van der Waals surface area (Å²) in [6, 6.07) is 9.12. The van der Waals surface area contributed by atoms with Gasteiger partial charge in [-0.2, -0.15) is 42.2 Å². The van der Waals surface area contributed by atoms with Crippen LogP contribution in [0.5, 0.6) is 0 Å². The molecule has 0 aliphatic rings. The molecule has 0 aliphatic heterocycles. The fourth-order valence-corrected chi connectivity index (χ4v) is 0.747. The highest BCUT2D eigenvalue weighted by atomic mass is 80.0. The molecule has 0 amide bonds. The fourth-order valence-electron chi connectivity index (χ4n) is 0.747. The van der Waals surface area contributed by atoms with Crippen LogP contribution >= 0.6 is 42.2 Å². The molecule has 0 unspecified atom stereocenters. The van der Waals surface area contributed by atoms with E-state index in [4.69, 9.17) is 0 Å². The van der Waals surface area contributed by atoms with Crippen LogP contribution in [0.15, 0.2) is 18.2 Å². The van der Waals surface area contributed by atoms with Gasteiger partial charge in [0.25, 0.3) is 0 Å².